The summed E-state index contributed by atoms with van der Waals surface area (Å²) >= 11 is 0. The molecular weight excluding hydrogens is 440 g/mol. The minimum absolute atomic E-state index is 0.739. The van der Waals surface area contributed by atoms with Gasteiger partial charge in [-0.3, -0.25) is 0 Å². The molecule has 3 aliphatic rings. The van der Waals surface area contributed by atoms with Crippen LogP contribution in [-0.4, -0.2) is 145 Å². The molecule has 0 amide bonds. The molecule has 0 aromatic rings. The molecule has 3 heterocycles. The molecular formula is C18H32O14. The van der Waals surface area contributed by atoms with Crippen molar-refractivity contribution in [3.05, 3.63) is 0 Å². The largest absolute Gasteiger partial charge is 0.394 e. The highest BCUT2D eigenvalue weighted by Gasteiger charge is 2.52. The fourth-order valence-electron chi connectivity index (χ4n) is 3.94. The third-order valence-corrected chi connectivity index (χ3v) is 6.01. The van der Waals surface area contributed by atoms with Gasteiger partial charge in [-0.15, -0.1) is 0 Å². The van der Waals surface area contributed by atoms with Crippen molar-refractivity contribution in [2.45, 2.75) is 106 Å². The monoisotopic (exact) mass is 472 g/mol. The molecule has 0 aliphatic carbocycles. The van der Waals surface area contributed by atoms with Crippen LogP contribution in [-0.2, 0) is 23.7 Å². The van der Waals surface area contributed by atoms with Crippen LogP contribution in [0.1, 0.15) is 13.8 Å². The first-order valence-electron chi connectivity index (χ1n) is 10.3. The molecule has 0 bridgehead atoms. The predicted molar refractivity (Wildman–Crippen MR) is 98.4 cm³/mol. The summed E-state index contributed by atoms with van der Waals surface area (Å²) in [7, 11) is 0. The van der Waals surface area contributed by atoms with Crippen LogP contribution in [0, 0.1) is 0 Å². The second-order valence-electron chi connectivity index (χ2n) is 8.30. The van der Waals surface area contributed by atoms with Gasteiger partial charge in [0.05, 0.1) is 18.8 Å². The average molecular weight is 472 g/mol. The topological polar surface area (TPSA) is 228 Å². The molecule has 0 aromatic heterocycles. The summed E-state index contributed by atoms with van der Waals surface area (Å²) in [6.45, 7) is 2.09. The van der Waals surface area contributed by atoms with Crippen LogP contribution >= 0.6 is 0 Å². The normalized spacial score (nSPS) is 55.0. The van der Waals surface area contributed by atoms with Gasteiger partial charge in [-0.05, 0) is 13.8 Å². The first kappa shape index (κ1) is 26.1. The van der Waals surface area contributed by atoms with Gasteiger partial charge < -0.3 is 69.6 Å². The van der Waals surface area contributed by atoms with E-state index in [0.717, 1.165) is 0 Å². The number of hydrogen-bond acceptors (Lipinski definition) is 14. The zero-order valence-electron chi connectivity index (χ0n) is 17.4. The van der Waals surface area contributed by atoms with E-state index in [1.54, 1.807) is 0 Å². The SMILES string of the molecule is C[C@@H]1O[C@@H](O[C@H]2[C@@H](O)[C@@H](CO)O[C@H](O[C@@H]3[C@H](O)[C@H](C)O[C@@H](O)[C@H]3O)[C@@H]2O)[C@H](O)[C@H](O)[C@H]1O. The standard InChI is InChI=1S/C18H32O14/c1-4-7(20)10(23)11(24)17(29-4)32-15-9(22)6(3-19)30-18(13(15)26)31-14-8(21)5(2)28-16(27)12(14)25/h4-27H,3H2,1-2H3/t4-,5-,6+,7-,8+,9-,10+,11+,12-,13+,14+,15-,16+,17-,18+/m0/s1. The summed E-state index contributed by atoms with van der Waals surface area (Å²) in [4.78, 5) is 0. The van der Waals surface area contributed by atoms with Gasteiger partial charge in [0.25, 0.3) is 0 Å². The molecule has 14 heteroatoms. The van der Waals surface area contributed by atoms with Crippen molar-refractivity contribution < 1.29 is 69.6 Å². The van der Waals surface area contributed by atoms with Crippen LogP contribution in [0.4, 0.5) is 0 Å². The van der Waals surface area contributed by atoms with Gasteiger partial charge in [-0.25, -0.2) is 0 Å². The number of aliphatic hydroxyl groups is 9. The summed E-state index contributed by atoms with van der Waals surface area (Å²) in [5.41, 5.74) is 0. The lowest BCUT2D eigenvalue weighted by molar-refractivity contribution is -0.376. The van der Waals surface area contributed by atoms with Crippen LogP contribution < -0.4 is 0 Å². The van der Waals surface area contributed by atoms with E-state index in [0.29, 0.717) is 0 Å². The Kier molecular flexibility index (Phi) is 8.44. The van der Waals surface area contributed by atoms with Crippen LogP contribution in [0.25, 0.3) is 0 Å². The summed E-state index contributed by atoms with van der Waals surface area (Å²) in [5, 5.41) is 90.9. The van der Waals surface area contributed by atoms with E-state index in [4.69, 9.17) is 23.7 Å². The number of rotatable bonds is 5. The molecule has 3 rings (SSSR count). The van der Waals surface area contributed by atoms with Crippen molar-refractivity contribution in [2.75, 3.05) is 6.61 Å². The molecule has 0 unspecified atom stereocenters. The van der Waals surface area contributed by atoms with E-state index in [-0.39, 0.29) is 0 Å². The summed E-state index contributed by atoms with van der Waals surface area (Å²) in [6.07, 6.45) is -22.6. The molecule has 0 aromatic carbocycles. The van der Waals surface area contributed by atoms with E-state index < -0.39 is 98.7 Å². The molecule has 15 atom stereocenters. The highest BCUT2D eigenvalue weighted by molar-refractivity contribution is 4.95. The Bertz CT molecular complexity index is 596. The second-order valence-corrected chi connectivity index (χ2v) is 8.30. The van der Waals surface area contributed by atoms with Gasteiger partial charge in [0.2, 0.25) is 0 Å². The van der Waals surface area contributed by atoms with Crippen molar-refractivity contribution in [3.8, 4) is 0 Å². The molecule has 32 heavy (non-hydrogen) atoms. The number of aliphatic hydroxyl groups excluding tert-OH is 9. The smallest absolute Gasteiger partial charge is 0.187 e. The Balaban J connectivity index is 1.77. The lowest BCUT2D eigenvalue weighted by Crippen LogP contribution is -2.66. The van der Waals surface area contributed by atoms with E-state index in [9.17, 15) is 46.0 Å². The summed E-state index contributed by atoms with van der Waals surface area (Å²) in [6, 6.07) is 0. The maximum absolute atomic E-state index is 10.7. The summed E-state index contributed by atoms with van der Waals surface area (Å²) in [5.74, 6) is 0. The third-order valence-electron chi connectivity index (χ3n) is 6.01. The van der Waals surface area contributed by atoms with Crippen LogP contribution in [0.3, 0.4) is 0 Å². The second kappa shape index (κ2) is 10.4. The molecule has 9 N–H and O–H groups in total. The first-order valence-corrected chi connectivity index (χ1v) is 10.3. The molecule has 0 spiro atoms. The fraction of sp³-hybridized carbons (Fsp3) is 1.00. The van der Waals surface area contributed by atoms with Gasteiger partial charge in [0, 0.05) is 0 Å². The van der Waals surface area contributed by atoms with Crippen LogP contribution in [0.2, 0.25) is 0 Å². The number of hydrogen-bond donors (Lipinski definition) is 9. The highest BCUT2D eigenvalue weighted by atomic mass is 16.7. The van der Waals surface area contributed by atoms with Crippen LogP contribution in [0.15, 0.2) is 0 Å². The van der Waals surface area contributed by atoms with E-state index in [2.05, 4.69) is 0 Å². The Labute approximate surface area is 183 Å². The van der Waals surface area contributed by atoms with Gasteiger partial charge >= 0.3 is 0 Å². The quantitative estimate of drug-likeness (QED) is 0.182. The summed E-state index contributed by atoms with van der Waals surface area (Å²) < 4.78 is 26.6. The molecule has 3 saturated heterocycles. The third kappa shape index (κ3) is 4.94. The van der Waals surface area contributed by atoms with Gasteiger partial charge in [0.1, 0.15) is 61.0 Å². The number of ether oxygens (including phenoxy) is 5. The van der Waals surface area contributed by atoms with Crippen LogP contribution in [0.5, 0.6) is 0 Å². The van der Waals surface area contributed by atoms with E-state index in [1.807, 2.05) is 0 Å². The molecule has 0 saturated carbocycles. The van der Waals surface area contributed by atoms with Gasteiger partial charge in [-0.1, -0.05) is 0 Å². The lowest BCUT2D eigenvalue weighted by Gasteiger charge is -2.47. The van der Waals surface area contributed by atoms with Gasteiger partial charge in [0.15, 0.2) is 18.9 Å². The zero-order chi connectivity index (χ0) is 23.9. The molecule has 3 fully saturated rings. The Morgan fingerprint density at radius 1 is 0.562 bits per heavy atom. The first-order chi connectivity index (χ1) is 15.0. The molecule has 188 valence electrons. The predicted octanol–water partition coefficient (Wildman–Crippen LogP) is -5.52. The van der Waals surface area contributed by atoms with Crippen molar-refractivity contribution in [2.24, 2.45) is 0 Å². The minimum Gasteiger partial charge on any atom is -0.394 e. The lowest BCUT2D eigenvalue weighted by atomic mass is 9.96. The zero-order valence-corrected chi connectivity index (χ0v) is 17.4. The van der Waals surface area contributed by atoms with E-state index in [1.165, 1.54) is 13.8 Å². The fourth-order valence-corrected chi connectivity index (χ4v) is 3.94. The maximum atomic E-state index is 10.7. The van der Waals surface area contributed by atoms with Crippen molar-refractivity contribution in [3.63, 3.8) is 0 Å². The average Bonchev–Trinajstić information content (AvgIpc) is 2.76. The van der Waals surface area contributed by atoms with Crippen molar-refractivity contribution in [1.82, 2.24) is 0 Å². The van der Waals surface area contributed by atoms with Crippen molar-refractivity contribution in [1.29, 1.82) is 0 Å². The van der Waals surface area contributed by atoms with E-state index >= 15 is 0 Å². The van der Waals surface area contributed by atoms with Crippen molar-refractivity contribution >= 4 is 0 Å². The minimum atomic E-state index is -1.79. The molecule has 0 radical (unpaired) electrons. The highest BCUT2D eigenvalue weighted by Crippen LogP contribution is 2.32. The Morgan fingerprint density at radius 2 is 1.09 bits per heavy atom. The van der Waals surface area contributed by atoms with Gasteiger partial charge in [-0.2, -0.15) is 0 Å². The molecule has 14 nitrogen and oxygen atoms in total. The Morgan fingerprint density at radius 3 is 1.69 bits per heavy atom. The molecule has 3 aliphatic heterocycles. The maximum Gasteiger partial charge on any atom is 0.187 e. The Hall–Kier alpha value is -0.560.